The normalized spacial score (nSPS) is 20.5. The number of hydrogen-bond acceptors (Lipinski definition) is 4. The molecular formula is C20H26O5. The van der Waals surface area contributed by atoms with Gasteiger partial charge in [-0.1, -0.05) is 12.1 Å². The van der Waals surface area contributed by atoms with Crippen LogP contribution < -0.4 is 0 Å². The van der Waals surface area contributed by atoms with Crippen LogP contribution in [0.15, 0.2) is 30.3 Å². The van der Waals surface area contributed by atoms with Gasteiger partial charge < -0.3 is 14.6 Å². The molecule has 1 aromatic carbocycles. The molecule has 0 aliphatic heterocycles. The van der Waals surface area contributed by atoms with Gasteiger partial charge in [-0.15, -0.1) is 0 Å². The van der Waals surface area contributed by atoms with Crippen molar-refractivity contribution in [3.05, 3.63) is 41.5 Å². The van der Waals surface area contributed by atoms with Crippen LogP contribution in [0.2, 0.25) is 0 Å². The molecule has 25 heavy (non-hydrogen) atoms. The van der Waals surface area contributed by atoms with Gasteiger partial charge in [0.15, 0.2) is 0 Å². The van der Waals surface area contributed by atoms with Crippen molar-refractivity contribution in [2.24, 2.45) is 5.92 Å². The Labute approximate surface area is 148 Å². The summed E-state index contributed by atoms with van der Waals surface area (Å²) in [4.78, 5) is 22.7. The third-order valence-electron chi connectivity index (χ3n) is 4.59. The van der Waals surface area contributed by atoms with Gasteiger partial charge in [-0.3, -0.25) is 0 Å². The van der Waals surface area contributed by atoms with Crippen LogP contribution in [0.5, 0.6) is 0 Å². The topological polar surface area (TPSA) is 72.8 Å². The molecule has 2 rings (SSSR count). The number of carboxylic acid groups (broad SMARTS) is 1. The zero-order valence-electron chi connectivity index (χ0n) is 14.6. The Kier molecular flexibility index (Phi) is 7.67. The van der Waals surface area contributed by atoms with Gasteiger partial charge >= 0.3 is 11.9 Å². The maximum Gasteiger partial charge on any atom is 0.338 e. The summed E-state index contributed by atoms with van der Waals surface area (Å²) in [5.74, 6) is -0.594. The number of methoxy groups -OCH3 is 1. The lowest BCUT2D eigenvalue weighted by atomic mass is 9.84. The van der Waals surface area contributed by atoms with Gasteiger partial charge in [-0.2, -0.15) is 0 Å². The highest BCUT2D eigenvalue weighted by Gasteiger charge is 2.24. The van der Waals surface area contributed by atoms with Gasteiger partial charge in [-0.25, -0.2) is 9.59 Å². The number of benzene rings is 1. The van der Waals surface area contributed by atoms with Crippen molar-refractivity contribution in [3.8, 4) is 0 Å². The van der Waals surface area contributed by atoms with Crippen molar-refractivity contribution in [1.29, 1.82) is 0 Å². The van der Waals surface area contributed by atoms with E-state index >= 15 is 0 Å². The smallest absolute Gasteiger partial charge is 0.338 e. The van der Waals surface area contributed by atoms with Gasteiger partial charge in [0.05, 0.1) is 5.56 Å². The molecule has 136 valence electrons. The summed E-state index contributed by atoms with van der Waals surface area (Å²) in [6.07, 6.45) is 8.86. The lowest BCUT2D eigenvalue weighted by Crippen LogP contribution is -2.24. The second kappa shape index (κ2) is 9.99. The molecule has 0 amide bonds. The molecule has 1 N–H and O–H groups in total. The fourth-order valence-electron chi connectivity index (χ4n) is 3.17. The van der Waals surface area contributed by atoms with Crippen LogP contribution in [0, 0.1) is 5.92 Å². The summed E-state index contributed by atoms with van der Waals surface area (Å²) in [5, 5.41) is 8.61. The zero-order chi connectivity index (χ0) is 18.1. The maximum atomic E-state index is 12.2. The Morgan fingerprint density at radius 2 is 1.84 bits per heavy atom. The molecule has 0 saturated heterocycles. The minimum atomic E-state index is -0.999. The van der Waals surface area contributed by atoms with Crippen LogP contribution in [-0.4, -0.2) is 36.9 Å². The van der Waals surface area contributed by atoms with Crippen molar-refractivity contribution in [1.82, 2.24) is 0 Å². The number of ether oxygens (including phenoxy) is 2. The summed E-state index contributed by atoms with van der Waals surface area (Å²) < 4.78 is 10.7. The number of hydrogen-bond donors (Lipinski definition) is 1. The lowest BCUT2D eigenvalue weighted by molar-refractivity contribution is -0.131. The van der Waals surface area contributed by atoms with Gasteiger partial charge in [0.2, 0.25) is 0 Å². The van der Waals surface area contributed by atoms with Crippen molar-refractivity contribution >= 4 is 18.0 Å². The van der Waals surface area contributed by atoms with Crippen LogP contribution in [-0.2, 0) is 14.3 Å². The van der Waals surface area contributed by atoms with Crippen molar-refractivity contribution in [3.63, 3.8) is 0 Å². The third-order valence-corrected chi connectivity index (χ3v) is 4.59. The number of carbonyl (C=O) groups excluding carboxylic acids is 1. The van der Waals surface area contributed by atoms with E-state index in [-0.39, 0.29) is 12.1 Å². The molecule has 0 bridgehead atoms. The first-order valence-corrected chi connectivity index (χ1v) is 8.79. The van der Waals surface area contributed by atoms with Gasteiger partial charge in [0.1, 0.15) is 6.10 Å². The molecule has 1 saturated carbocycles. The van der Waals surface area contributed by atoms with Crippen molar-refractivity contribution < 1.29 is 24.2 Å². The Hall–Kier alpha value is -2.14. The minimum absolute atomic E-state index is 0.00208. The summed E-state index contributed by atoms with van der Waals surface area (Å²) in [7, 11) is 1.73. The number of carbonyl (C=O) groups is 2. The molecule has 1 fully saturated rings. The van der Waals surface area contributed by atoms with Gasteiger partial charge in [0, 0.05) is 19.8 Å². The lowest BCUT2D eigenvalue weighted by Gasteiger charge is -2.28. The average molecular weight is 346 g/mol. The summed E-state index contributed by atoms with van der Waals surface area (Å²) in [6.45, 7) is 0.812. The number of aliphatic carboxylic acids is 1. The SMILES string of the molecule is COCCCC1CCC(OC(=O)c2ccc(C=CC(=O)O)cc2)CC1. The van der Waals surface area contributed by atoms with E-state index in [1.54, 1.807) is 31.4 Å². The van der Waals surface area contributed by atoms with E-state index in [4.69, 9.17) is 14.6 Å². The first-order valence-electron chi connectivity index (χ1n) is 8.79. The molecule has 0 spiro atoms. The predicted molar refractivity (Wildman–Crippen MR) is 95.4 cm³/mol. The van der Waals surface area contributed by atoms with E-state index in [9.17, 15) is 9.59 Å². The van der Waals surface area contributed by atoms with E-state index in [1.807, 2.05) is 0 Å². The first-order chi connectivity index (χ1) is 12.1. The Morgan fingerprint density at radius 3 is 2.44 bits per heavy atom. The Bertz CT molecular complexity index is 583. The molecule has 0 aromatic heterocycles. The molecule has 1 aromatic rings. The fourth-order valence-corrected chi connectivity index (χ4v) is 3.17. The monoisotopic (exact) mass is 346 g/mol. The van der Waals surface area contributed by atoms with E-state index < -0.39 is 5.97 Å². The molecule has 1 aliphatic rings. The van der Waals surface area contributed by atoms with Gasteiger partial charge in [0.25, 0.3) is 0 Å². The average Bonchev–Trinajstić information content (AvgIpc) is 2.62. The quantitative estimate of drug-likeness (QED) is 0.439. The predicted octanol–water partition coefficient (Wildman–Crippen LogP) is 3.93. The standard InChI is InChI=1S/C20H26O5/c1-24-14-2-3-15-6-11-18(12-7-15)25-20(23)17-9-4-16(5-10-17)8-13-19(21)22/h4-5,8-10,13,15,18H,2-3,6-7,11-12,14H2,1H3,(H,21,22). The summed E-state index contributed by atoms with van der Waals surface area (Å²) in [5.41, 5.74) is 1.23. The number of rotatable bonds is 8. The van der Waals surface area contributed by atoms with Crippen LogP contribution in [0.4, 0.5) is 0 Å². The summed E-state index contributed by atoms with van der Waals surface area (Å²) in [6, 6.07) is 6.76. The van der Waals surface area contributed by atoms with Crippen molar-refractivity contribution in [2.45, 2.75) is 44.6 Å². The van der Waals surface area contributed by atoms with E-state index in [1.165, 1.54) is 12.5 Å². The van der Waals surface area contributed by atoms with E-state index in [0.717, 1.165) is 50.4 Å². The molecule has 1 aliphatic carbocycles. The molecular weight excluding hydrogens is 320 g/mol. The second-order valence-corrected chi connectivity index (χ2v) is 6.48. The molecule has 0 atom stereocenters. The molecule has 0 unspecified atom stereocenters. The van der Waals surface area contributed by atoms with Crippen LogP contribution >= 0.6 is 0 Å². The third kappa shape index (κ3) is 6.70. The van der Waals surface area contributed by atoms with Crippen LogP contribution in [0.3, 0.4) is 0 Å². The highest BCUT2D eigenvalue weighted by molar-refractivity contribution is 5.90. The minimum Gasteiger partial charge on any atom is -0.478 e. The second-order valence-electron chi connectivity index (χ2n) is 6.48. The Balaban J connectivity index is 1.77. The molecule has 5 heteroatoms. The first kappa shape index (κ1) is 19.2. The van der Waals surface area contributed by atoms with Crippen molar-refractivity contribution in [2.75, 3.05) is 13.7 Å². The molecule has 0 heterocycles. The van der Waals surface area contributed by atoms with E-state index in [0.29, 0.717) is 11.5 Å². The van der Waals surface area contributed by atoms with Crippen LogP contribution in [0.25, 0.3) is 6.08 Å². The van der Waals surface area contributed by atoms with Gasteiger partial charge in [-0.05, 0) is 68.2 Å². The largest absolute Gasteiger partial charge is 0.478 e. The maximum absolute atomic E-state index is 12.2. The summed E-state index contributed by atoms with van der Waals surface area (Å²) >= 11 is 0. The highest BCUT2D eigenvalue weighted by atomic mass is 16.5. The van der Waals surface area contributed by atoms with Crippen LogP contribution in [0.1, 0.15) is 54.4 Å². The molecule has 5 nitrogen and oxygen atoms in total. The highest BCUT2D eigenvalue weighted by Crippen LogP contribution is 2.29. The Morgan fingerprint density at radius 1 is 1.16 bits per heavy atom. The number of carboxylic acids is 1. The zero-order valence-corrected chi connectivity index (χ0v) is 14.6. The number of esters is 1. The fraction of sp³-hybridized carbons (Fsp3) is 0.500. The van der Waals surface area contributed by atoms with E-state index in [2.05, 4.69) is 0 Å². The molecule has 0 radical (unpaired) electrons.